The van der Waals surface area contributed by atoms with Gasteiger partial charge in [0.2, 0.25) is 11.8 Å². The predicted octanol–water partition coefficient (Wildman–Crippen LogP) is 2.36. The molecule has 3 aliphatic rings. The van der Waals surface area contributed by atoms with E-state index in [-0.39, 0.29) is 17.9 Å². The van der Waals surface area contributed by atoms with Crippen LogP contribution in [-0.2, 0) is 9.59 Å². The largest absolute Gasteiger partial charge is 0.345 e. The smallest absolute Gasteiger partial charge is 0.239 e. The lowest BCUT2D eigenvalue weighted by atomic mass is 9.94. The molecule has 1 aliphatic heterocycles. The quantitative estimate of drug-likeness (QED) is 0.765. The van der Waals surface area contributed by atoms with Crippen molar-refractivity contribution in [3.05, 3.63) is 0 Å². The van der Waals surface area contributed by atoms with Crippen molar-refractivity contribution >= 4 is 11.8 Å². The molecule has 0 aromatic rings. The van der Waals surface area contributed by atoms with Crippen LogP contribution in [0.3, 0.4) is 0 Å². The topological polar surface area (TPSA) is 43.9 Å². The van der Waals surface area contributed by atoms with Crippen molar-refractivity contribution in [3.63, 3.8) is 0 Å². The van der Waals surface area contributed by atoms with Crippen LogP contribution in [0.1, 0.15) is 58.3 Å². The second kappa shape index (κ2) is 8.52. The first kappa shape index (κ1) is 18.7. The Bertz CT molecular complexity index is 462. The SMILES string of the molecule is CCN(C)C(=O)C(C1CCCC1)N1CCN(C(=O)C2CCCC2)CC1. The molecule has 0 N–H and O–H groups in total. The third kappa shape index (κ3) is 4.18. The first-order valence-corrected chi connectivity index (χ1v) is 10.4. The normalized spacial score (nSPS) is 24.6. The van der Waals surface area contributed by atoms with Gasteiger partial charge in [-0.1, -0.05) is 25.7 Å². The highest BCUT2D eigenvalue weighted by atomic mass is 16.2. The molecule has 1 heterocycles. The number of piperazine rings is 1. The second-order valence-electron chi connectivity index (χ2n) is 8.18. The van der Waals surface area contributed by atoms with Gasteiger partial charge in [0.25, 0.3) is 0 Å². The molecule has 1 unspecified atom stereocenters. The Morgan fingerprint density at radius 2 is 1.52 bits per heavy atom. The number of hydrogen-bond donors (Lipinski definition) is 0. The van der Waals surface area contributed by atoms with E-state index in [2.05, 4.69) is 9.80 Å². The highest BCUT2D eigenvalue weighted by Gasteiger charge is 2.39. The molecule has 0 spiro atoms. The molecule has 0 bridgehead atoms. The van der Waals surface area contributed by atoms with E-state index in [4.69, 9.17) is 0 Å². The van der Waals surface area contributed by atoms with Crippen molar-refractivity contribution in [2.45, 2.75) is 64.3 Å². The number of likely N-dealkylation sites (N-methyl/N-ethyl adjacent to an activating group) is 1. The van der Waals surface area contributed by atoms with E-state index in [0.29, 0.717) is 11.8 Å². The highest BCUT2D eigenvalue weighted by Crippen LogP contribution is 2.32. The molecular weight excluding hydrogens is 314 g/mol. The zero-order valence-electron chi connectivity index (χ0n) is 16.1. The Balaban J connectivity index is 1.61. The van der Waals surface area contributed by atoms with Crippen LogP contribution in [0, 0.1) is 11.8 Å². The molecule has 142 valence electrons. The lowest BCUT2D eigenvalue weighted by molar-refractivity contribution is -0.141. The lowest BCUT2D eigenvalue weighted by Gasteiger charge is -2.42. The number of amides is 2. The fourth-order valence-electron chi connectivity index (χ4n) is 4.96. The van der Waals surface area contributed by atoms with Crippen LogP contribution in [0.4, 0.5) is 0 Å². The summed E-state index contributed by atoms with van der Waals surface area (Å²) in [6, 6.07) is 0.0242. The van der Waals surface area contributed by atoms with Gasteiger partial charge in [-0.15, -0.1) is 0 Å². The highest BCUT2D eigenvalue weighted by molar-refractivity contribution is 5.82. The maximum absolute atomic E-state index is 13.0. The van der Waals surface area contributed by atoms with Crippen molar-refractivity contribution in [1.29, 1.82) is 0 Å². The molecule has 5 heteroatoms. The maximum atomic E-state index is 13.0. The average Bonchev–Trinajstić information content (AvgIpc) is 3.35. The van der Waals surface area contributed by atoms with Gasteiger partial charge in [-0.3, -0.25) is 14.5 Å². The lowest BCUT2D eigenvalue weighted by Crippen LogP contribution is -2.58. The second-order valence-corrected chi connectivity index (χ2v) is 8.18. The third-order valence-electron chi connectivity index (χ3n) is 6.67. The number of rotatable bonds is 5. The van der Waals surface area contributed by atoms with Crippen LogP contribution in [0.25, 0.3) is 0 Å². The van der Waals surface area contributed by atoms with Crippen LogP contribution in [0.5, 0.6) is 0 Å². The maximum Gasteiger partial charge on any atom is 0.239 e. The molecule has 3 rings (SSSR count). The number of carbonyl (C=O) groups excluding carboxylic acids is 2. The fourth-order valence-corrected chi connectivity index (χ4v) is 4.96. The van der Waals surface area contributed by atoms with Crippen molar-refractivity contribution in [2.75, 3.05) is 39.8 Å². The van der Waals surface area contributed by atoms with Crippen molar-refractivity contribution in [1.82, 2.24) is 14.7 Å². The van der Waals surface area contributed by atoms with Gasteiger partial charge in [0.05, 0.1) is 6.04 Å². The summed E-state index contributed by atoms with van der Waals surface area (Å²) in [5.41, 5.74) is 0. The Morgan fingerprint density at radius 1 is 0.960 bits per heavy atom. The van der Waals surface area contributed by atoms with Crippen LogP contribution < -0.4 is 0 Å². The van der Waals surface area contributed by atoms with Crippen molar-refractivity contribution in [3.8, 4) is 0 Å². The summed E-state index contributed by atoms with van der Waals surface area (Å²) in [6.07, 6.45) is 9.42. The van der Waals surface area contributed by atoms with Crippen molar-refractivity contribution < 1.29 is 9.59 Å². The fraction of sp³-hybridized carbons (Fsp3) is 0.900. The molecule has 3 fully saturated rings. The van der Waals surface area contributed by atoms with Gasteiger partial charge in [-0.2, -0.15) is 0 Å². The van der Waals surface area contributed by atoms with Gasteiger partial charge < -0.3 is 9.80 Å². The van der Waals surface area contributed by atoms with E-state index in [1.807, 2.05) is 18.9 Å². The molecule has 0 radical (unpaired) electrons. The number of nitrogens with zero attached hydrogens (tertiary/aromatic N) is 3. The van der Waals surface area contributed by atoms with E-state index in [1.54, 1.807) is 0 Å². The Morgan fingerprint density at radius 3 is 2.08 bits per heavy atom. The summed E-state index contributed by atoms with van der Waals surface area (Å²) in [5.74, 6) is 1.42. The van der Waals surface area contributed by atoms with E-state index >= 15 is 0 Å². The summed E-state index contributed by atoms with van der Waals surface area (Å²) < 4.78 is 0. The van der Waals surface area contributed by atoms with Gasteiger partial charge in [-0.05, 0) is 38.5 Å². The van der Waals surface area contributed by atoms with E-state index in [0.717, 1.165) is 45.6 Å². The molecule has 2 aliphatic carbocycles. The molecule has 2 amide bonds. The third-order valence-corrected chi connectivity index (χ3v) is 6.67. The first-order chi connectivity index (χ1) is 12.1. The summed E-state index contributed by atoms with van der Waals surface area (Å²) >= 11 is 0. The van der Waals surface area contributed by atoms with Crippen LogP contribution in [-0.4, -0.2) is 72.3 Å². The van der Waals surface area contributed by atoms with E-state index < -0.39 is 0 Å². The number of carbonyl (C=O) groups is 2. The summed E-state index contributed by atoms with van der Waals surface area (Å²) in [4.78, 5) is 32.0. The standard InChI is InChI=1S/C20H35N3O2/c1-3-21(2)20(25)18(16-8-4-5-9-16)22-12-14-23(15-13-22)19(24)17-10-6-7-11-17/h16-18H,3-15H2,1-2H3. The molecule has 25 heavy (non-hydrogen) atoms. The molecule has 1 saturated heterocycles. The molecule has 1 atom stereocenters. The zero-order valence-corrected chi connectivity index (χ0v) is 16.1. The minimum absolute atomic E-state index is 0.0242. The molecular formula is C20H35N3O2. The van der Waals surface area contributed by atoms with Crippen LogP contribution >= 0.6 is 0 Å². The van der Waals surface area contributed by atoms with Gasteiger partial charge in [0.15, 0.2) is 0 Å². The Kier molecular flexibility index (Phi) is 6.37. The predicted molar refractivity (Wildman–Crippen MR) is 99.2 cm³/mol. The number of hydrogen-bond acceptors (Lipinski definition) is 3. The Labute approximate surface area is 152 Å². The van der Waals surface area contributed by atoms with Gasteiger partial charge in [0.1, 0.15) is 0 Å². The van der Waals surface area contributed by atoms with E-state index in [9.17, 15) is 9.59 Å². The van der Waals surface area contributed by atoms with Crippen LogP contribution in [0.15, 0.2) is 0 Å². The van der Waals surface area contributed by atoms with Gasteiger partial charge in [0, 0.05) is 45.7 Å². The summed E-state index contributed by atoms with van der Waals surface area (Å²) in [5, 5.41) is 0. The molecule has 0 aromatic heterocycles. The molecule has 2 saturated carbocycles. The Hall–Kier alpha value is -1.10. The minimum Gasteiger partial charge on any atom is -0.345 e. The van der Waals surface area contributed by atoms with Gasteiger partial charge >= 0.3 is 0 Å². The summed E-state index contributed by atoms with van der Waals surface area (Å²) in [6.45, 7) is 6.10. The molecule has 5 nitrogen and oxygen atoms in total. The molecule has 0 aromatic carbocycles. The minimum atomic E-state index is 0.0242. The summed E-state index contributed by atoms with van der Waals surface area (Å²) in [7, 11) is 1.92. The van der Waals surface area contributed by atoms with Gasteiger partial charge in [-0.25, -0.2) is 0 Å². The van der Waals surface area contributed by atoms with Crippen LogP contribution in [0.2, 0.25) is 0 Å². The van der Waals surface area contributed by atoms with Crippen molar-refractivity contribution in [2.24, 2.45) is 11.8 Å². The average molecular weight is 350 g/mol. The zero-order chi connectivity index (χ0) is 17.8. The first-order valence-electron chi connectivity index (χ1n) is 10.4. The van der Waals surface area contributed by atoms with E-state index in [1.165, 1.54) is 38.5 Å². The monoisotopic (exact) mass is 349 g/mol.